The van der Waals surface area contributed by atoms with Crippen molar-refractivity contribution in [3.05, 3.63) is 0 Å². The number of aliphatic carboxylic acids is 1. The van der Waals surface area contributed by atoms with Crippen molar-refractivity contribution in [1.82, 2.24) is 4.90 Å². The quantitative estimate of drug-likeness (QED) is 0.733. The van der Waals surface area contributed by atoms with Crippen molar-refractivity contribution in [3.63, 3.8) is 0 Å². The van der Waals surface area contributed by atoms with Crippen LogP contribution in [0.2, 0.25) is 0 Å². The average molecular weight is 240 g/mol. The van der Waals surface area contributed by atoms with Crippen LogP contribution in [-0.2, 0) is 9.59 Å². The predicted molar refractivity (Wildman–Crippen MR) is 62.2 cm³/mol. The molecule has 0 aromatic carbocycles. The Balaban J connectivity index is 2.19. The molecule has 1 atom stereocenters. The van der Waals surface area contributed by atoms with Crippen LogP contribution in [0.15, 0.2) is 0 Å². The van der Waals surface area contributed by atoms with Crippen LogP contribution in [0.25, 0.3) is 0 Å². The molecule has 2 heterocycles. The van der Waals surface area contributed by atoms with Gasteiger partial charge in [0, 0.05) is 6.54 Å². The second kappa shape index (κ2) is 3.45. The lowest BCUT2D eigenvalue weighted by molar-refractivity contribution is -0.159. The number of carbonyl (C=O) groups excluding carboxylic acids is 1. The van der Waals surface area contributed by atoms with Gasteiger partial charge in [0.1, 0.15) is 5.54 Å². The van der Waals surface area contributed by atoms with Gasteiger partial charge < -0.3 is 15.7 Å². The maximum atomic E-state index is 12.3. The van der Waals surface area contributed by atoms with Crippen LogP contribution in [0.1, 0.15) is 33.6 Å². The standard InChI is InChI=1S/C12H20N2O3/c1-11(2,3)8(13)9(15)14-6-7-4-12(14,5-7)10(16)17/h7-8H,4-6,13H2,1-3H3,(H,16,17). The van der Waals surface area contributed by atoms with Gasteiger partial charge in [0.2, 0.25) is 5.91 Å². The summed E-state index contributed by atoms with van der Waals surface area (Å²) in [6, 6.07) is -0.641. The van der Waals surface area contributed by atoms with Crippen LogP contribution in [0, 0.1) is 11.3 Å². The summed E-state index contributed by atoms with van der Waals surface area (Å²) in [4.78, 5) is 25.1. The molecular weight excluding hydrogens is 220 g/mol. The number of carboxylic acid groups (broad SMARTS) is 1. The molecule has 2 aliphatic heterocycles. The molecule has 5 heteroatoms. The summed E-state index contributed by atoms with van der Waals surface area (Å²) in [5.41, 5.74) is 4.63. The third-order valence-corrected chi connectivity index (χ3v) is 4.07. The molecule has 17 heavy (non-hydrogen) atoms. The highest BCUT2D eigenvalue weighted by atomic mass is 16.4. The van der Waals surface area contributed by atoms with Crippen LogP contribution in [0.3, 0.4) is 0 Å². The molecule has 3 N–H and O–H groups in total. The van der Waals surface area contributed by atoms with Crippen LogP contribution < -0.4 is 5.73 Å². The molecule has 96 valence electrons. The minimum Gasteiger partial charge on any atom is -0.479 e. The first-order valence-electron chi connectivity index (χ1n) is 5.99. The second-order valence-electron chi connectivity index (χ2n) is 6.40. The molecular formula is C12H20N2O3. The maximum Gasteiger partial charge on any atom is 0.329 e. The predicted octanol–water partition coefficient (Wildman–Crippen LogP) is 0.435. The van der Waals surface area contributed by atoms with Gasteiger partial charge in [0.15, 0.2) is 0 Å². The summed E-state index contributed by atoms with van der Waals surface area (Å²) >= 11 is 0. The molecule has 1 saturated carbocycles. The first-order valence-corrected chi connectivity index (χ1v) is 5.99. The highest BCUT2D eigenvalue weighted by Gasteiger charge is 2.63. The normalized spacial score (nSPS) is 33.2. The van der Waals surface area contributed by atoms with Gasteiger partial charge in [-0.15, -0.1) is 0 Å². The lowest BCUT2D eigenvalue weighted by atomic mass is 9.73. The van der Waals surface area contributed by atoms with Crippen molar-refractivity contribution >= 4 is 11.9 Å². The Kier molecular flexibility index (Phi) is 2.51. The average Bonchev–Trinajstić information content (AvgIpc) is 2.67. The number of hydrogen-bond donors (Lipinski definition) is 2. The molecule has 0 aromatic rings. The Morgan fingerprint density at radius 1 is 1.41 bits per heavy atom. The van der Waals surface area contributed by atoms with Crippen LogP contribution in [0.4, 0.5) is 0 Å². The number of hydrogen-bond acceptors (Lipinski definition) is 3. The summed E-state index contributed by atoms with van der Waals surface area (Å²) in [6.07, 6.45) is 1.18. The van der Waals surface area contributed by atoms with Gasteiger partial charge in [-0.2, -0.15) is 0 Å². The van der Waals surface area contributed by atoms with Crippen LogP contribution in [0.5, 0.6) is 0 Å². The number of amides is 1. The molecule has 3 aliphatic rings. The number of rotatable bonds is 2. The lowest BCUT2D eigenvalue weighted by Gasteiger charge is -2.40. The molecule has 0 aromatic heterocycles. The van der Waals surface area contributed by atoms with Crippen molar-refractivity contribution in [1.29, 1.82) is 0 Å². The Bertz CT molecular complexity index is 366. The van der Waals surface area contributed by atoms with Gasteiger partial charge in [-0.3, -0.25) is 4.79 Å². The van der Waals surface area contributed by atoms with Crippen molar-refractivity contribution in [2.45, 2.75) is 45.2 Å². The van der Waals surface area contributed by atoms with Gasteiger partial charge in [0.05, 0.1) is 6.04 Å². The van der Waals surface area contributed by atoms with E-state index in [-0.39, 0.29) is 11.3 Å². The zero-order valence-corrected chi connectivity index (χ0v) is 10.6. The number of nitrogens with two attached hydrogens (primary N) is 1. The first-order chi connectivity index (χ1) is 7.68. The highest BCUT2D eigenvalue weighted by Crippen LogP contribution is 2.51. The fourth-order valence-corrected chi connectivity index (χ4v) is 2.81. The number of nitrogens with zero attached hydrogens (tertiary/aromatic N) is 1. The minimum absolute atomic E-state index is 0.222. The molecule has 5 nitrogen and oxygen atoms in total. The number of fused-ring (bicyclic) bond motifs is 1. The molecule has 1 aliphatic carbocycles. The van der Waals surface area contributed by atoms with E-state index in [2.05, 4.69) is 0 Å². The van der Waals surface area contributed by atoms with E-state index in [1.807, 2.05) is 20.8 Å². The minimum atomic E-state index is -0.954. The fourth-order valence-electron chi connectivity index (χ4n) is 2.81. The largest absolute Gasteiger partial charge is 0.479 e. The zero-order chi connectivity index (χ0) is 13.0. The van der Waals surface area contributed by atoms with Crippen LogP contribution in [-0.4, -0.2) is 40.0 Å². The van der Waals surface area contributed by atoms with Gasteiger partial charge in [-0.1, -0.05) is 20.8 Å². The molecule has 0 spiro atoms. The van der Waals surface area contributed by atoms with E-state index in [1.54, 1.807) is 0 Å². The van der Waals surface area contributed by atoms with E-state index in [9.17, 15) is 14.7 Å². The lowest BCUT2D eigenvalue weighted by Crippen LogP contribution is -2.59. The Morgan fingerprint density at radius 2 is 1.94 bits per heavy atom. The molecule has 2 bridgehead atoms. The van der Waals surface area contributed by atoms with E-state index in [0.29, 0.717) is 25.3 Å². The summed E-state index contributed by atoms with van der Waals surface area (Å²) in [6.45, 7) is 6.23. The second-order valence-corrected chi connectivity index (χ2v) is 6.40. The summed E-state index contributed by atoms with van der Waals surface area (Å²) in [7, 11) is 0. The van der Waals surface area contributed by atoms with E-state index < -0.39 is 17.6 Å². The monoisotopic (exact) mass is 240 g/mol. The first kappa shape index (κ1) is 12.4. The summed E-state index contributed by atoms with van der Waals surface area (Å²) in [5.74, 6) is -0.761. The topological polar surface area (TPSA) is 83.6 Å². The third-order valence-electron chi connectivity index (χ3n) is 4.07. The molecule has 3 rings (SSSR count). The van der Waals surface area contributed by atoms with Gasteiger partial charge in [0.25, 0.3) is 0 Å². The van der Waals surface area contributed by atoms with E-state index in [4.69, 9.17) is 5.73 Å². The Hall–Kier alpha value is -1.10. The van der Waals surface area contributed by atoms with Crippen molar-refractivity contribution in [2.24, 2.45) is 17.1 Å². The van der Waals surface area contributed by atoms with E-state index in [0.717, 1.165) is 0 Å². The highest BCUT2D eigenvalue weighted by molar-refractivity contribution is 5.92. The number of carboxylic acids is 1. The molecule has 2 saturated heterocycles. The van der Waals surface area contributed by atoms with Crippen molar-refractivity contribution < 1.29 is 14.7 Å². The van der Waals surface area contributed by atoms with Crippen molar-refractivity contribution in [2.75, 3.05) is 6.54 Å². The third kappa shape index (κ3) is 1.64. The zero-order valence-electron chi connectivity index (χ0n) is 10.6. The summed E-state index contributed by atoms with van der Waals surface area (Å²) < 4.78 is 0. The number of carbonyl (C=O) groups is 2. The Labute approximate surface area is 101 Å². The Morgan fingerprint density at radius 3 is 2.35 bits per heavy atom. The molecule has 0 radical (unpaired) electrons. The van der Waals surface area contributed by atoms with Crippen LogP contribution >= 0.6 is 0 Å². The van der Waals surface area contributed by atoms with E-state index in [1.165, 1.54) is 4.90 Å². The van der Waals surface area contributed by atoms with Gasteiger partial charge in [-0.05, 0) is 24.2 Å². The SMILES string of the molecule is CC(C)(C)C(N)C(=O)N1CC2CC1(C(=O)O)C2. The fraction of sp³-hybridized carbons (Fsp3) is 0.833. The molecule has 1 unspecified atom stereocenters. The summed E-state index contributed by atoms with van der Waals surface area (Å²) in [5, 5.41) is 9.28. The van der Waals surface area contributed by atoms with E-state index >= 15 is 0 Å². The maximum absolute atomic E-state index is 12.3. The molecule has 3 fully saturated rings. The smallest absolute Gasteiger partial charge is 0.329 e. The van der Waals surface area contributed by atoms with Gasteiger partial charge in [-0.25, -0.2) is 4.79 Å². The van der Waals surface area contributed by atoms with Crippen molar-refractivity contribution in [3.8, 4) is 0 Å². The molecule has 1 amide bonds. The van der Waals surface area contributed by atoms with Gasteiger partial charge >= 0.3 is 5.97 Å².